The van der Waals surface area contributed by atoms with Crippen LogP contribution in [0.2, 0.25) is 0 Å². The standard InChI is InChI=1S/C12H22N2O2S2/c1-9(2)13-8-7-11-5-6-12(17-11)18(15,16)14-10(3)4/h5-6,9-10,13-14H,7-8H2,1-4H3. The Bertz CT molecular complexity index is 464. The summed E-state index contributed by atoms with van der Waals surface area (Å²) in [7, 11) is -3.33. The van der Waals surface area contributed by atoms with Crippen LogP contribution in [0.15, 0.2) is 16.3 Å². The van der Waals surface area contributed by atoms with E-state index in [9.17, 15) is 8.42 Å². The van der Waals surface area contributed by atoms with Crippen molar-refractivity contribution in [2.24, 2.45) is 0 Å². The van der Waals surface area contributed by atoms with E-state index in [0.717, 1.165) is 17.8 Å². The molecular formula is C12H22N2O2S2. The molecule has 0 spiro atoms. The average molecular weight is 290 g/mol. The molecule has 0 aliphatic rings. The zero-order valence-corrected chi connectivity index (χ0v) is 13.0. The highest BCUT2D eigenvalue weighted by Gasteiger charge is 2.17. The predicted octanol–water partition coefficient (Wildman–Crippen LogP) is 1.98. The van der Waals surface area contributed by atoms with Gasteiger partial charge in [-0.3, -0.25) is 0 Å². The topological polar surface area (TPSA) is 58.2 Å². The lowest BCUT2D eigenvalue weighted by atomic mass is 10.3. The van der Waals surface area contributed by atoms with Crippen LogP contribution in [0.5, 0.6) is 0 Å². The van der Waals surface area contributed by atoms with Crippen molar-refractivity contribution in [3.05, 3.63) is 17.0 Å². The van der Waals surface area contributed by atoms with E-state index in [1.54, 1.807) is 6.07 Å². The normalized spacial score (nSPS) is 12.6. The third-order valence-corrected chi connectivity index (χ3v) is 5.51. The first-order valence-corrected chi connectivity index (χ1v) is 8.45. The van der Waals surface area contributed by atoms with Crippen LogP contribution in [-0.2, 0) is 16.4 Å². The Morgan fingerprint density at radius 3 is 2.39 bits per heavy atom. The van der Waals surface area contributed by atoms with E-state index in [1.165, 1.54) is 11.3 Å². The fraction of sp³-hybridized carbons (Fsp3) is 0.667. The number of hydrogen-bond donors (Lipinski definition) is 2. The summed E-state index contributed by atoms with van der Waals surface area (Å²) in [4.78, 5) is 1.09. The maximum absolute atomic E-state index is 11.9. The van der Waals surface area contributed by atoms with Gasteiger partial charge in [0.1, 0.15) is 4.21 Å². The summed E-state index contributed by atoms with van der Waals surface area (Å²) in [6, 6.07) is 3.95. The zero-order valence-electron chi connectivity index (χ0n) is 11.4. The number of nitrogens with one attached hydrogen (secondary N) is 2. The molecule has 0 bridgehead atoms. The number of thiophene rings is 1. The fourth-order valence-corrected chi connectivity index (χ4v) is 4.11. The second kappa shape index (κ2) is 6.65. The predicted molar refractivity (Wildman–Crippen MR) is 76.6 cm³/mol. The summed E-state index contributed by atoms with van der Waals surface area (Å²) in [5.74, 6) is 0. The molecule has 0 aromatic carbocycles. The maximum atomic E-state index is 11.9. The van der Waals surface area contributed by atoms with E-state index < -0.39 is 10.0 Å². The van der Waals surface area contributed by atoms with Crippen LogP contribution >= 0.6 is 11.3 Å². The minimum absolute atomic E-state index is 0.0804. The van der Waals surface area contributed by atoms with Gasteiger partial charge in [-0.25, -0.2) is 13.1 Å². The molecule has 1 heterocycles. The van der Waals surface area contributed by atoms with Gasteiger partial charge < -0.3 is 5.32 Å². The van der Waals surface area contributed by atoms with E-state index >= 15 is 0 Å². The molecule has 1 rings (SSSR count). The summed E-state index contributed by atoms with van der Waals surface area (Å²) in [6.07, 6.45) is 0.861. The molecule has 0 aliphatic carbocycles. The Balaban J connectivity index is 2.63. The highest BCUT2D eigenvalue weighted by Crippen LogP contribution is 2.21. The van der Waals surface area contributed by atoms with Crippen molar-refractivity contribution in [1.29, 1.82) is 0 Å². The van der Waals surface area contributed by atoms with Crippen LogP contribution in [0.3, 0.4) is 0 Å². The van der Waals surface area contributed by atoms with Gasteiger partial charge >= 0.3 is 0 Å². The van der Waals surface area contributed by atoms with Crippen molar-refractivity contribution in [3.8, 4) is 0 Å². The Labute approximate surface area is 114 Å². The second-order valence-corrected chi connectivity index (χ2v) is 7.96. The first-order chi connectivity index (χ1) is 8.31. The van der Waals surface area contributed by atoms with Gasteiger partial charge in [0.15, 0.2) is 0 Å². The van der Waals surface area contributed by atoms with E-state index in [0.29, 0.717) is 10.3 Å². The van der Waals surface area contributed by atoms with Gasteiger partial charge in [-0.05, 0) is 32.4 Å². The largest absolute Gasteiger partial charge is 0.314 e. The molecule has 0 aliphatic heterocycles. The van der Waals surface area contributed by atoms with Crippen LogP contribution in [0.25, 0.3) is 0 Å². The van der Waals surface area contributed by atoms with Gasteiger partial charge in [0.25, 0.3) is 0 Å². The molecular weight excluding hydrogens is 268 g/mol. The maximum Gasteiger partial charge on any atom is 0.250 e. The minimum Gasteiger partial charge on any atom is -0.314 e. The van der Waals surface area contributed by atoms with Crippen molar-refractivity contribution >= 4 is 21.4 Å². The third-order valence-electron chi connectivity index (χ3n) is 2.22. The SMILES string of the molecule is CC(C)NCCc1ccc(S(=O)(=O)NC(C)C)s1. The minimum atomic E-state index is -3.33. The van der Waals surface area contributed by atoms with Gasteiger partial charge in [0, 0.05) is 23.5 Å². The zero-order chi connectivity index (χ0) is 13.8. The van der Waals surface area contributed by atoms with E-state index in [-0.39, 0.29) is 6.04 Å². The van der Waals surface area contributed by atoms with Crippen molar-refractivity contribution in [2.75, 3.05) is 6.54 Å². The first kappa shape index (κ1) is 15.6. The van der Waals surface area contributed by atoms with Crippen LogP contribution in [0.1, 0.15) is 32.6 Å². The molecule has 0 saturated heterocycles. The first-order valence-electron chi connectivity index (χ1n) is 6.15. The third kappa shape index (κ3) is 5.06. The lowest BCUT2D eigenvalue weighted by Gasteiger charge is -2.07. The Morgan fingerprint density at radius 1 is 1.17 bits per heavy atom. The van der Waals surface area contributed by atoms with Gasteiger partial charge in [-0.1, -0.05) is 13.8 Å². The molecule has 2 N–H and O–H groups in total. The van der Waals surface area contributed by atoms with Crippen LogP contribution in [-0.4, -0.2) is 27.0 Å². The monoisotopic (exact) mass is 290 g/mol. The van der Waals surface area contributed by atoms with E-state index in [2.05, 4.69) is 23.9 Å². The molecule has 0 unspecified atom stereocenters. The van der Waals surface area contributed by atoms with Crippen LogP contribution < -0.4 is 10.0 Å². The number of hydrogen-bond acceptors (Lipinski definition) is 4. The molecule has 4 nitrogen and oxygen atoms in total. The lowest BCUT2D eigenvalue weighted by Crippen LogP contribution is -2.29. The molecule has 1 aromatic heterocycles. The molecule has 0 fully saturated rings. The van der Waals surface area contributed by atoms with Crippen molar-refractivity contribution in [3.63, 3.8) is 0 Å². The highest BCUT2D eigenvalue weighted by atomic mass is 32.2. The molecule has 104 valence electrons. The number of sulfonamides is 1. The number of rotatable bonds is 7. The Kier molecular flexibility index (Phi) is 5.78. The smallest absolute Gasteiger partial charge is 0.250 e. The lowest BCUT2D eigenvalue weighted by molar-refractivity contribution is 0.572. The summed E-state index contributed by atoms with van der Waals surface area (Å²) in [6.45, 7) is 8.69. The van der Waals surface area contributed by atoms with E-state index in [1.807, 2.05) is 19.9 Å². The highest BCUT2D eigenvalue weighted by molar-refractivity contribution is 7.91. The van der Waals surface area contributed by atoms with E-state index in [4.69, 9.17) is 0 Å². The molecule has 0 amide bonds. The van der Waals surface area contributed by atoms with Gasteiger partial charge in [-0.15, -0.1) is 11.3 Å². The average Bonchev–Trinajstić information content (AvgIpc) is 2.64. The molecule has 6 heteroatoms. The van der Waals surface area contributed by atoms with Crippen LogP contribution in [0, 0.1) is 0 Å². The van der Waals surface area contributed by atoms with Crippen LogP contribution in [0.4, 0.5) is 0 Å². The molecule has 0 radical (unpaired) electrons. The molecule has 1 aromatic rings. The summed E-state index contributed by atoms with van der Waals surface area (Å²) in [5.41, 5.74) is 0. The quantitative estimate of drug-likeness (QED) is 0.807. The Morgan fingerprint density at radius 2 is 1.83 bits per heavy atom. The van der Waals surface area contributed by atoms with Crippen molar-refractivity contribution in [1.82, 2.24) is 10.0 Å². The fourth-order valence-electron chi connectivity index (χ4n) is 1.49. The Hall–Kier alpha value is -0.430. The van der Waals surface area contributed by atoms with Crippen molar-refractivity contribution < 1.29 is 8.42 Å². The van der Waals surface area contributed by atoms with Gasteiger partial charge in [0.05, 0.1) is 0 Å². The van der Waals surface area contributed by atoms with Gasteiger partial charge in [-0.2, -0.15) is 0 Å². The summed E-state index contributed by atoms with van der Waals surface area (Å²) in [5, 5.41) is 3.32. The summed E-state index contributed by atoms with van der Waals surface area (Å²) < 4.78 is 26.8. The molecule has 0 atom stereocenters. The molecule has 0 saturated carbocycles. The van der Waals surface area contributed by atoms with Gasteiger partial charge in [0.2, 0.25) is 10.0 Å². The molecule has 18 heavy (non-hydrogen) atoms. The van der Waals surface area contributed by atoms with Crippen molar-refractivity contribution in [2.45, 2.75) is 50.4 Å². The summed E-state index contributed by atoms with van der Waals surface area (Å²) >= 11 is 1.34. The second-order valence-electron chi connectivity index (χ2n) is 4.86.